The number of fused-ring (bicyclic) bond motifs is 1. The molecule has 1 unspecified atom stereocenters. The van der Waals surface area contributed by atoms with Crippen molar-refractivity contribution in [1.29, 1.82) is 0 Å². The topological polar surface area (TPSA) is 38.9 Å². The van der Waals surface area contributed by atoms with Crippen molar-refractivity contribution in [3.8, 4) is 0 Å². The van der Waals surface area contributed by atoms with Crippen LogP contribution in [0.2, 0.25) is 0 Å². The van der Waals surface area contributed by atoms with Gasteiger partial charge in [-0.15, -0.1) is 0 Å². The molecule has 0 bridgehead atoms. The van der Waals surface area contributed by atoms with Gasteiger partial charge in [-0.2, -0.15) is 13.2 Å². The number of aromatic nitrogens is 1. The third-order valence-electron chi connectivity index (χ3n) is 2.29. The van der Waals surface area contributed by atoms with E-state index in [1.54, 1.807) is 30.3 Å². The number of benzene rings is 1. The van der Waals surface area contributed by atoms with E-state index >= 15 is 0 Å². The maximum Gasteiger partial charge on any atom is 0.409 e. The number of halogens is 3. The molecular weight excluding hydrogens is 217 g/mol. The van der Waals surface area contributed by atoms with Crippen LogP contribution in [0.3, 0.4) is 0 Å². The van der Waals surface area contributed by atoms with Crippen LogP contribution in [0.5, 0.6) is 0 Å². The molecule has 0 saturated carbocycles. The van der Waals surface area contributed by atoms with Crippen molar-refractivity contribution in [1.82, 2.24) is 4.98 Å². The Morgan fingerprint density at radius 3 is 2.44 bits per heavy atom. The monoisotopic (exact) mass is 226 g/mol. The fraction of sp³-hybridized carbons (Fsp3) is 0.182. The fourth-order valence-corrected chi connectivity index (χ4v) is 1.42. The van der Waals surface area contributed by atoms with Gasteiger partial charge in [0, 0.05) is 5.39 Å². The maximum absolute atomic E-state index is 12.4. The number of nitrogens with two attached hydrogens (primary N) is 1. The average molecular weight is 226 g/mol. The Morgan fingerprint density at radius 2 is 1.75 bits per heavy atom. The first-order valence-electron chi connectivity index (χ1n) is 4.66. The van der Waals surface area contributed by atoms with Crippen LogP contribution in [0, 0.1) is 0 Å². The maximum atomic E-state index is 12.4. The molecule has 5 heteroatoms. The SMILES string of the molecule is NC(c1ccc2ccccc2n1)C(F)(F)F. The number of alkyl halides is 3. The summed E-state index contributed by atoms with van der Waals surface area (Å²) in [6.07, 6.45) is -4.46. The average Bonchev–Trinajstić information content (AvgIpc) is 2.26. The molecular formula is C11H9F3N2. The van der Waals surface area contributed by atoms with Crippen LogP contribution in [-0.4, -0.2) is 11.2 Å². The van der Waals surface area contributed by atoms with Crippen LogP contribution in [0.25, 0.3) is 10.9 Å². The molecule has 84 valence electrons. The second-order valence-electron chi connectivity index (χ2n) is 3.45. The Morgan fingerprint density at radius 1 is 1.06 bits per heavy atom. The molecule has 1 atom stereocenters. The van der Waals surface area contributed by atoms with Gasteiger partial charge in [-0.05, 0) is 12.1 Å². The van der Waals surface area contributed by atoms with E-state index in [0.717, 1.165) is 5.39 Å². The van der Waals surface area contributed by atoms with Gasteiger partial charge >= 0.3 is 6.18 Å². The lowest BCUT2D eigenvalue weighted by molar-refractivity contribution is -0.149. The molecule has 2 N–H and O–H groups in total. The zero-order valence-corrected chi connectivity index (χ0v) is 8.20. The molecule has 1 aromatic carbocycles. The highest BCUT2D eigenvalue weighted by molar-refractivity contribution is 5.78. The van der Waals surface area contributed by atoms with Crippen LogP contribution in [-0.2, 0) is 0 Å². The predicted octanol–water partition coefficient (Wildman–Crippen LogP) is 2.80. The van der Waals surface area contributed by atoms with E-state index in [1.807, 2.05) is 0 Å². The van der Waals surface area contributed by atoms with Crippen molar-refractivity contribution in [2.24, 2.45) is 5.73 Å². The molecule has 0 radical (unpaired) electrons. The third-order valence-corrected chi connectivity index (χ3v) is 2.29. The van der Waals surface area contributed by atoms with Gasteiger partial charge in [-0.3, -0.25) is 4.98 Å². The van der Waals surface area contributed by atoms with E-state index in [-0.39, 0.29) is 5.69 Å². The summed E-state index contributed by atoms with van der Waals surface area (Å²) in [5.74, 6) is 0. The summed E-state index contributed by atoms with van der Waals surface area (Å²) in [5.41, 5.74) is 5.43. The molecule has 2 aromatic rings. The van der Waals surface area contributed by atoms with Gasteiger partial charge in [0.2, 0.25) is 0 Å². The molecule has 1 heterocycles. The van der Waals surface area contributed by atoms with Crippen molar-refractivity contribution in [2.45, 2.75) is 12.2 Å². The molecule has 0 spiro atoms. The summed E-state index contributed by atoms with van der Waals surface area (Å²) in [5, 5.41) is 0.792. The molecule has 16 heavy (non-hydrogen) atoms. The van der Waals surface area contributed by atoms with Crippen molar-refractivity contribution in [2.75, 3.05) is 0 Å². The molecule has 0 aliphatic heterocycles. The zero-order valence-electron chi connectivity index (χ0n) is 8.20. The van der Waals surface area contributed by atoms with Crippen molar-refractivity contribution < 1.29 is 13.2 Å². The highest BCUT2D eigenvalue weighted by Crippen LogP contribution is 2.30. The van der Waals surface area contributed by atoms with Gasteiger partial charge in [0.1, 0.15) is 6.04 Å². The van der Waals surface area contributed by atoms with Gasteiger partial charge in [-0.25, -0.2) is 0 Å². The second kappa shape index (κ2) is 3.75. The summed E-state index contributed by atoms with van der Waals surface area (Å²) in [6, 6.07) is 7.82. The number of para-hydroxylation sites is 1. The van der Waals surface area contributed by atoms with E-state index in [4.69, 9.17) is 5.73 Å². The zero-order chi connectivity index (χ0) is 11.8. The number of pyridine rings is 1. The molecule has 2 nitrogen and oxygen atoms in total. The van der Waals surface area contributed by atoms with Crippen LogP contribution in [0.4, 0.5) is 13.2 Å². The first-order chi connectivity index (χ1) is 7.48. The van der Waals surface area contributed by atoms with E-state index in [1.165, 1.54) is 6.07 Å². The highest BCUT2D eigenvalue weighted by atomic mass is 19.4. The summed E-state index contributed by atoms with van der Waals surface area (Å²) >= 11 is 0. The Bertz CT molecular complexity index is 508. The number of hydrogen-bond donors (Lipinski definition) is 1. The summed E-state index contributed by atoms with van der Waals surface area (Å²) in [4.78, 5) is 3.90. The summed E-state index contributed by atoms with van der Waals surface area (Å²) in [7, 11) is 0. The van der Waals surface area contributed by atoms with Gasteiger partial charge < -0.3 is 5.73 Å². The highest BCUT2D eigenvalue weighted by Gasteiger charge is 2.38. The first-order valence-corrected chi connectivity index (χ1v) is 4.66. The van der Waals surface area contributed by atoms with Crippen LogP contribution in [0.1, 0.15) is 11.7 Å². The van der Waals surface area contributed by atoms with Crippen LogP contribution < -0.4 is 5.73 Å². The van der Waals surface area contributed by atoms with Crippen LogP contribution in [0.15, 0.2) is 36.4 Å². The lowest BCUT2D eigenvalue weighted by Gasteiger charge is -2.15. The van der Waals surface area contributed by atoms with E-state index in [2.05, 4.69) is 4.98 Å². The Kier molecular flexibility index (Phi) is 2.55. The number of nitrogens with zero attached hydrogens (tertiary/aromatic N) is 1. The smallest absolute Gasteiger partial charge is 0.315 e. The number of hydrogen-bond acceptors (Lipinski definition) is 2. The lowest BCUT2D eigenvalue weighted by Crippen LogP contribution is -2.29. The van der Waals surface area contributed by atoms with E-state index < -0.39 is 12.2 Å². The van der Waals surface area contributed by atoms with Crippen LogP contribution >= 0.6 is 0 Å². The van der Waals surface area contributed by atoms with Crippen molar-refractivity contribution >= 4 is 10.9 Å². The number of rotatable bonds is 1. The molecule has 1 aromatic heterocycles. The minimum Gasteiger partial charge on any atom is -0.315 e. The second-order valence-corrected chi connectivity index (χ2v) is 3.45. The quantitative estimate of drug-likeness (QED) is 0.812. The third kappa shape index (κ3) is 1.99. The largest absolute Gasteiger partial charge is 0.409 e. The molecule has 2 rings (SSSR count). The minimum absolute atomic E-state index is 0.161. The Labute approximate surface area is 89.9 Å². The van der Waals surface area contributed by atoms with Crippen molar-refractivity contribution in [3.05, 3.63) is 42.1 Å². The predicted molar refractivity (Wildman–Crippen MR) is 54.7 cm³/mol. The standard InChI is InChI=1S/C11H9F3N2/c12-11(13,14)10(15)9-6-5-7-3-1-2-4-8(7)16-9/h1-6,10H,15H2. The van der Waals surface area contributed by atoms with Gasteiger partial charge in [-0.1, -0.05) is 24.3 Å². The van der Waals surface area contributed by atoms with E-state index in [9.17, 15) is 13.2 Å². The van der Waals surface area contributed by atoms with Gasteiger partial charge in [0.05, 0.1) is 11.2 Å². The molecule has 0 amide bonds. The summed E-state index contributed by atoms with van der Waals surface area (Å²) < 4.78 is 37.1. The first kappa shape index (κ1) is 10.9. The Hall–Kier alpha value is -1.62. The molecule has 0 saturated heterocycles. The fourth-order valence-electron chi connectivity index (χ4n) is 1.42. The normalized spacial score (nSPS) is 14.0. The molecule has 0 aliphatic carbocycles. The molecule has 0 fully saturated rings. The summed E-state index contributed by atoms with van der Waals surface area (Å²) in [6.45, 7) is 0. The lowest BCUT2D eigenvalue weighted by atomic mass is 10.1. The Balaban J connectivity index is 2.47. The van der Waals surface area contributed by atoms with Gasteiger partial charge in [0.15, 0.2) is 0 Å². The van der Waals surface area contributed by atoms with E-state index in [0.29, 0.717) is 5.52 Å². The molecule has 0 aliphatic rings. The minimum atomic E-state index is -4.46. The van der Waals surface area contributed by atoms with Gasteiger partial charge in [0.25, 0.3) is 0 Å². The van der Waals surface area contributed by atoms with Crippen molar-refractivity contribution in [3.63, 3.8) is 0 Å².